The van der Waals surface area contributed by atoms with E-state index in [1.807, 2.05) is 6.92 Å². The number of rotatable bonds is 9. The van der Waals surface area contributed by atoms with Gasteiger partial charge in [0, 0.05) is 13.0 Å². The molecular formula is C12H25NO3. The van der Waals surface area contributed by atoms with Crippen LogP contribution < -0.4 is 5.73 Å². The van der Waals surface area contributed by atoms with Crippen molar-refractivity contribution in [3.05, 3.63) is 0 Å². The number of ether oxygens (including phenoxy) is 1. The fourth-order valence-corrected chi connectivity index (χ4v) is 1.56. The van der Waals surface area contributed by atoms with E-state index in [1.54, 1.807) is 0 Å². The summed E-state index contributed by atoms with van der Waals surface area (Å²) in [5.41, 5.74) is 4.44. The van der Waals surface area contributed by atoms with Gasteiger partial charge >= 0.3 is 5.97 Å². The van der Waals surface area contributed by atoms with Gasteiger partial charge in [0.2, 0.25) is 0 Å². The Morgan fingerprint density at radius 3 is 2.56 bits per heavy atom. The zero-order valence-electron chi connectivity index (χ0n) is 10.7. The number of hydrogen-bond donors (Lipinski definition) is 2. The van der Waals surface area contributed by atoms with Crippen molar-refractivity contribution in [3.8, 4) is 0 Å². The van der Waals surface area contributed by atoms with E-state index in [4.69, 9.17) is 15.6 Å². The molecule has 0 heterocycles. The molecule has 0 radical (unpaired) electrons. The molecule has 2 atom stereocenters. The third kappa shape index (κ3) is 6.80. The van der Waals surface area contributed by atoms with Gasteiger partial charge in [0.1, 0.15) is 5.54 Å². The smallest absolute Gasteiger partial charge is 0.323 e. The molecule has 4 heteroatoms. The van der Waals surface area contributed by atoms with Crippen molar-refractivity contribution < 1.29 is 14.6 Å². The molecule has 0 aromatic rings. The first-order valence-corrected chi connectivity index (χ1v) is 6.04. The Labute approximate surface area is 98.2 Å². The largest absolute Gasteiger partial charge is 0.480 e. The van der Waals surface area contributed by atoms with E-state index in [2.05, 4.69) is 6.92 Å². The third-order valence-electron chi connectivity index (χ3n) is 2.60. The molecular weight excluding hydrogens is 206 g/mol. The Bertz CT molecular complexity index is 204. The zero-order chi connectivity index (χ0) is 12.6. The summed E-state index contributed by atoms with van der Waals surface area (Å²) in [6.07, 6.45) is 4.87. The van der Waals surface area contributed by atoms with E-state index >= 15 is 0 Å². The van der Waals surface area contributed by atoms with Gasteiger partial charge in [0.25, 0.3) is 0 Å². The summed E-state index contributed by atoms with van der Waals surface area (Å²) in [4.78, 5) is 10.8. The zero-order valence-corrected chi connectivity index (χ0v) is 10.7. The maximum atomic E-state index is 10.8. The van der Waals surface area contributed by atoms with Crippen LogP contribution >= 0.6 is 0 Å². The summed E-state index contributed by atoms with van der Waals surface area (Å²) in [7, 11) is 0. The van der Waals surface area contributed by atoms with Crippen LogP contribution in [0.4, 0.5) is 0 Å². The van der Waals surface area contributed by atoms with Crippen molar-refractivity contribution in [1.29, 1.82) is 0 Å². The lowest BCUT2D eigenvalue weighted by Gasteiger charge is -2.23. The lowest BCUT2D eigenvalue weighted by atomic mass is 9.96. The number of hydrogen-bond acceptors (Lipinski definition) is 3. The van der Waals surface area contributed by atoms with Gasteiger partial charge in [-0.05, 0) is 20.3 Å². The Hall–Kier alpha value is -0.610. The van der Waals surface area contributed by atoms with Crippen LogP contribution in [-0.2, 0) is 9.53 Å². The van der Waals surface area contributed by atoms with Crippen LogP contribution in [0.1, 0.15) is 52.9 Å². The summed E-state index contributed by atoms with van der Waals surface area (Å²) in [5.74, 6) is -0.978. The molecule has 0 aliphatic heterocycles. The number of carboxylic acids is 1. The van der Waals surface area contributed by atoms with Crippen molar-refractivity contribution in [2.45, 2.75) is 64.5 Å². The highest BCUT2D eigenvalue weighted by atomic mass is 16.5. The van der Waals surface area contributed by atoms with Gasteiger partial charge in [0.15, 0.2) is 0 Å². The molecule has 3 N–H and O–H groups in total. The molecule has 0 saturated carbocycles. The summed E-state index contributed by atoms with van der Waals surface area (Å²) < 4.78 is 5.53. The first-order chi connectivity index (χ1) is 7.40. The Kier molecular flexibility index (Phi) is 7.34. The Morgan fingerprint density at radius 1 is 1.44 bits per heavy atom. The molecule has 96 valence electrons. The minimum absolute atomic E-state index is 0.104. The van der Waals surface area contributed by atoms with Gasteiger partial charge in [-0.3, -0.25) is 4.79 Å². The highest BCUT2D eigenvalue weighted by Gasteiger charge is 2.30. The van der Waals surface area contributed by atoms with E-state index in [0.717, 1.165) is 6.42 Å². The molecule has 4 nitrogen and oxygen atoms in total. The van der Waals surface area contributed by atoms with Crippen LogP contribution in [0.2, 0.25) is 0 Å². The van der Waals surface area contributed by atoms with Gasteiger partial charge in [-0.1, -0.05) is 26.2 Å². The van der Waals surface area contributed by atoms with Crippen LogP contribution in [0.25, 0.3) is 0 Å². The molecule has 0 amide bonds. The molecule has 2 unspecified atom stereocenters. The summed E-state index contributed by atoms with van der Waals surface area (Å²) in [6, 6.07) is 0. The highest BCUT2D eigenvalue weighted by Crippen LogP contribution is 2.12. The van der Waals surface area contributed by atoms with Crippen LogP contribution in [0.15, 0.2) is 0 Å². The van der Waals surface area contributed by atoms with Gasteiger partial charge in [-0.15, -0.1) is 0 Å². The molecule has 0 spiro atoms. The second-order valence-corrected chi connectivity index (χ2v) is 4.67. The lowest BCUT2D eigenvalue weighted by Crippen LogP contribution is -2.47. The lowest BCUT2D eigenvalue weighted by molar-refractivity contribution is -0.144. The summed E-state index contributed by atoms with van der Waals surface area (Å²) in [6.45, 7) is 6.24. The number of carbonyl (C=O) groups is 1. The number of carboxylic acid groups (broad SMARTS) is 1. The average molecular weight is 231 g/mol. The van der Waals surface area contributed by atoms with E-state index in [-0.39, 0.29) is 6.10 Å². The van der Waals surface area contributed by atoms with Crippen LogP contribution in [-0.4, -0.2) is 29.3 Å². The monoisotopic (exact) mass is 231 g/mol. The molecule has 0 saturated heterocycles. The maximum Gasteiger partial charge on any atom is 0.323 e. The van der Waals surface area contributed by atoms with Crippen molar-refractivity contribution in [1.82, 2.24) is 0 Å². The highest BCUT2D eigenvalue weighted by molar-refractivity contribution is 5.77. The molecule has 0 aliphatic carbocycles. The van der Waals surface area contributed by atoms with Gasteiger partial charge in [-0.2, -0.15) is 0 Å². The third-order valence-corrected chi connectivity index (χ3v) is 2.60. The topological polar surface area (TPSA) is 72.5 Å². The van der Waals surface area contributed by atoms with Gasteiger partial charge < -0.3 is 15.6 Å². The average Bonchev–Trinajstić information content (AvgIpc) is 2.16. The first-order valence-electron chi connectivity index (χ1n) is 6.04. The van der Waals surface area contributed by atoms with Crippen LogP contribution in [0, 0.1) is 0 Å². The minimum Gasteiger partial charge on any atom is -0.480 e. The van der Waals surface area contributed by atoms with E-state index in [0.29, 0.717) is 13.0 Å². The number of unbranched alkanes of at least 4 members (excludes halogenated alkanes) is 3. The van der Waals surface area contributed by atoms with E-state index < -0.39 is 11.5 Å². The Morgan fingerprint density at radius 2 is 2.06 bits per heavy atom. The number of nitrogens with two attached hydrogens (primary N) is 1. The molecule has 0 aromatic carbocycles. The molecule has 0 aliphatic rings. The first kappa shape index (κ1) is 15.4. The molecule has 0 fully saturated rings. The standard InChI is InChI=1S/C12H25NO3/c1-4-5-6-7-8-16-10(2)9-12(3,13)11(14)15/h10H,4-9,13H2,1-3H3,(H,14,15). The second-order valence-electron chi connectivity index (χ2n) is 4.67. The SMILES string of the molecule is CCCCCCOC(C)CC(C)(N)C(=O)O. The van der Waals surface area contributed by atoms with Crippen LogP contribution in [0.3, 0.4) is 0 Å². The molecule has 0 bridgehead atoms. The fraction of sp³-hybridized carbons (Fsp3) is 0.917. The predicted octanol–water partition coefficient (Wildman–Crippen LogP) is 2.16. The van der Waals surface area contributed by atoms with Crippen molar-refractivity contribution in [2.24, 2.45) is 5.73 Å². The maximum absolute atomic E-state index is 10.8. The fourth-order valence-electron chi connectivity index (χ4n) is 1.56. The quantitative estimate of drug-likeness (QED) is 0.596. The minimum atomic E-state index is -1.19. The second kappa shape index (κ2) is 7.63. The van der Waals surface area contributed by atoms with Crippen molar-refractivity contribution >= 4 is 5.97 Å². The number of aliphatic carboxylic acids is 1. The van der Waals surface area contributed by atoms with Gasteiger partial charge in [0.05, 0.1) is 6.10 Å². The van der Waals surface area contributed by atoms with E-state index in [1.165, 1.54) is 26.2 Å². The predicted molar refractivity (Wildman–Crippen MR) is 64.4 cm³/mol. The molecule has 16 heavy (non-hydrogen) atoms. The molecule has 0 rings (SSSR count). The van der Waals surface area contributed by atoms with Gasteiger partial charge in [-0.25, -0.2) is 0 Å². The van der Waals surface area contributed by atoms with E-state index in [9.17, 15) is 4.79 Å². The molecule has 0 aromatic heterocycles. The summed E-state index contributed by atoms with van der Waals surface area (Å²) >= 11 is 0. The van der Waals surface area contributed by atoms with Crippen LogP contribution in [0.5, 0.6) is 0 Å². The van der Waals surface area contributed by atoms with Crippen molar-refractivity contribution in [3.63, 3.8) is 0 Å². The van der Waals surface area contributed by atoms with Crippen molar-refractivity contribution in [2.75, 3.05) is 6.61 Å². The Balaban J connectivity index is 3.66. The normalized spacial score (nSPS) is 16.8. The summed E-state index contributed by atoms with van der Waals surface area (Å²) in [5, 5.41) is 8.85.